The highest BCUT2D eigenvalue weighted by Gasteiger charge is 2.25. The number of guanidine groups is 1. The maximum atomic E-state index is 12.5. The molecular weight excluding hydrogens is 328 g/mol. The number of hydrogen-bond acceptors (Lipinski definition) is 6. The van der Waals surface area contributed by atoms with Gasteiger partial charge in [0.25, 0.3) is 5.56 Å². The van der Waals surface area contributed by atoms with E-state index in [9.17, 15) is 4.79 Å². The Balaban J connectivity index is 1.78. The average molecular weight is 346 g/mol. The molecule has 4 rings (SSSR count). The standard InChI is InChI=1S/C19H18N6O/c1-12-5-7-15(8-6-12)22-18-23-17(14-4-3-9-20-11-14)25-16(26)10-13(2)21-19(25)24-18/h3-11,17H,1-2H3,(H2,21,22,23,24)/t17-/m1/s1. The van der Waals surface area contributed by atoms with Crippen LogP contribution in [0.3, 0.4) is 0 Å². The molecule has 7 heteroatoms. The van der Waals surface area contributed by atoms with E-state index in [4.69, 9.17) is 0 Å². The third kappa shape index (κ3) is 3.06. The number of fused-ring (bicyclic) bond motifs is 1. The van der Waals surface area contributed by atoms with Crippen LogP contribution in [0.5, 0.6) is 0 Å². The van der Waals surface area contributed by atoms with Gasteiger partial charge in [0.2, 0.25) is 11.9 Å². The molecule has 0 saturated heterocycles. The Hall–Kier alpha value is -3.48. The molecule has 0 amide bonds. The lowest BCUT2D eigenvalue weighted by atomic mass is 10.2. The van der Waals surface area contributed by atoms with Crippen LogP contribution in [0.15, 0.2) is 64.6 Å². The maximum Gasteiger partial charge on any atom is 0.257 e. The zero-order chi connectivity index (χ0) is 18.1. The fraction of sp³-hybridized carbons (Fsp3) is 0.158. The summed E-state index contributed by atoms with van der Waals surface area (Å²) in [5.41, 5.74) is 3.38. The monoisotopic (exact) mass is 346 g/mol. The van der Waals surface area contributed by atoms with Gasteiger partial charge in [0, 0.05) is 35.4 Å². The molecule has 3 heterocycles. The number of hydrogen-bond donors (Lipinski definition) is 2. The van der Waals surface area contributed by atoms with Crippen molar-refractivity contribution >= 4 is 17.6 Å². The first-order chi connectivity index (χ1) is 12.6. The normalized spacial score (nSPS) is 15.6. The molecule has 0 spiro atoms. The van der Waals surface area contributed by atoms with E-state index in [0.29, 0.717) is 17.6 Å². The van der Waals surface area contributed by atoms with Crippen LogP contribution in [-0.2, 0) is 0 Å². The molecule has 130 valence electrons. The van der Waals surface area contributed by atoms with Crippen molar-refractivity contribution in [3.05, 3.63) is 82.0 Å². The number of pyridine rings is 1. The van der Waals surface area contributed by atoms with E-state index in [1.165, 1.54) is 16.2 Å². The van der Waals surface area contributed by atoms with Crippen molar-refractivity contribution in [2.75, 3.05) is 10.6 Å². The minimum atomic E-state index is -0.534. The molecule has 3 aromatic rings. The zero-order valence-corrected chi connectivity index (χ0v) is 14.5. The number of rotatable bonds is 2. The largest absolute Gasteiger partial charge is 0.326 e. The molecular formula is C19H18N6O. The predicted octanol–water partition coefficient (Wildman–Crippen LogP) is 2.70. The molecule has 1 aromatic carbocycles. The van der Waals surface area contributed by atoms with Crippen LogP contribution in [-0.4, -0.2) is 20.5 Å². The van der Waals surface area contributed by atoms with Crippen molar-refractivity contribution in [2.24, 2.45) is 4.99 Å². The molecule has 0 bridgehead atoms. The summed E-state index contributed by atoms with van der Waals surface area (Å²) in [6.45, 7) is 3.83. The summed E-state index contributed by atoms with van der Waals surface area (Å²) in [5.74, 6) is 0.980. The molecule has 2 aromatic heterocycles. The highest BCUT2D eigenvalue weighted by atomic mass is 16.1. The Morgan fingerprint density at radius 2 is 1.96 bits per heavy atom. The lowest BCUT2D eigenvalue weighted by Crippen LogP contribution is -2.37. The van der Waals surface area contributed by atoms with Crippen LogP contribution in [0, 0.1) is 13.8 Å². The highest BCUT2D eigenvalue weighted by Crippen LogP contribution is 2.25. The molecule has 0 unspecified atom stereocenters. The van der Waals surface area contributed by atoms with Gasteiger partial charge in [-0.1, -0.05) is 23.8 Å². The van der Waals surface area contributed by atoms with Crippen molar-refractivity contribution in [2.45, 2.75) is 20.0 Å². The second-order valence-corrected chi connectivity index (χ2v) is 6.18. The Morgan fingerprint density at radius 1 is 1.15 bits per heavy atom. The first-order valence-corrected chi connectivity index (χ1v) is 8.29. The summed E-state index contributed by atoms with van der Waals surface area (Å²) in [5, 5.41) is 6.36. The summed E-state index contributed by atoms with van der Waals surface area (Å²) in [6.07, 6.45) is 2.86. The molecule has 7 nitrogen and oxygen atoms in total. The quantitative estimate of drug-likeness (QED) is 0.745. The van der Waals surface area contributed by atoms with E-state index >= 15 is 0 Å². The van der Waals surface area contributed by atoms with Gasteiger partial charge in [0.15, 0.2) is 6.17 Å². The molecule has 0 saturated carbocycles. The van der Waals surface area contributed by atoms with Gasteiger partial charge in [-0.15, -0.1) is 0 Å². The first kappa shape index (κ1) is 16.0. The van der Waals surface area contributed by atoms with Crippen molar-refractivity contribution in [1.82, 2.24) is 14.5 Å². The third-order valence-electron chi connectivity index (χ3n) is 4.10. The van der Waals surface area contributed by atoms with Gasteiger partial charge in [0.05, 0.1) is 0 Å². The van der Waals surface area contributed by atoms with Crippen LogP contribution in [0.1, 0.15) is 23.0 Å². The van der Waals surface area contributed by atoms with Gasteiger partial charge >= 0.3 is 0 Å². The van der Waals surface area contributed by atoms with Crippen LogP contribution in [0.25, 0.3) is 0 Å². The summed E-state index contributed by atoms with van der Waals surface area (Å²) in [4.78, 5) is 25.8. The van der Waals surface area contributed by atoms with E-state index in [0.717, 1.165) is 11.3 Å². The van der Waals surface area contributed by atoms with Crippen molar-refractivity contribution in [3.8, 4) is 0 Å². The second kappa shape index (κ2) is 6.44. The van der Waals surface area contributed by atoms with Crippen molar-refractivity contribution in [1.29, 1.82) is 0 Å². The molecule has 26 heavy (non-hydrogen) atoms. The van der Waals surface area contributed by atoms with E-state index in [1.807, 2.05) is 43.3 Å². The lowest BCUT2D eigenvalue weighted by Gasteiger charge is -2.26. The van der Waals surface area contributed by atoms with Gasteiger partial charge in [0.1, 0.15) is 0 Å². The minimum absolute atomic E-state index is 0.160. The molecule has 1 atom stereocenters. The minimum Gasteiger partial charge on any atom is -0.326 e. The van der Waals surface area contributed by atoms with E-state index in [2.05, 4.69) is 25.6 Å². The topological polar surface area (TPSA) is 84.2 Å². The fourth-order valence-corrected chi connectivity index (χ4v) is 2.84. The molecule has 0 radical (unpaired) electrons. The van der Waals surface area contributed by atoms with Gasteiger partial charge < -0.3 is 5.32 Å². The van der Waals surface area contributed by atoms with Gasteiger partial charge in [-0.2, -0.15) is 0 Å². The maximum absolute atomic E-state index is 12.5. The van der Waals surface area contributed by atoms with Crippen LogP contribution >= 0.6 is 0 Å². The second-order valence-electron chi connectivity index (χ2n) is 6.18. The smallest absolute Gasteiger partial charge is 0.257 e. The summed E-state index contributed by atoms with van der Waals surface area (Å²) in [6, 6.07) is 13.2. The fourth-order valence-electron chi connectivity index (χ4n) is 2.84. The van der Waals surface area contributed by atoms with Gasteiger partial charge in [-0.05, 0) is 32.0 Å². The number of aromatic nitrogens is 3. The number of aliphatic imine (C=N–C) groups is 1. The number of aryl methyl sites for hydroxylation is 2. The Bertz CT molecular complexity index is 1020. The SMILES string of the molecule is Cc1ccc(NC2=N[C@@H](c3cccnc3)n3c(nc(C)cc3=O)N2)cc1. The number of anilines is 2. The van der Waals surface area contributed by atoms with E-state index in [-0.39, 0.29) is 5.56 Å². The summed E-state index contributed by atoms with van der Waals surface area (Å²) >= 11 is 0. The Morgan fingerprint density at radius 3 is 2.69 bits per heavy atom. The molecule has 0 aliphatic carbocycles. The Kier molecular flexibility index (Phi) is 3.96. The number of benzene rings is 1. The van der Waals surface area contributed by atoms with Crippen molar-refractivity contribution < 1.29 is 0 Å². The predicted molar refractivity (Wildman–Crippen MR) is 101 cm³/mol. The first-order valence-electron chi connectivity index (χ1n) is 8.29. The zero-order valence-electron chi connectivity index (χ0n) is 14.5. The molecule has 1 aliphatic heterocycles. The van der Waals surface area contributed by atoms with Crippen LogP contribution in [0.2, 0.25) is 0 Å². The molecule has 1 aliphatic rings. The lowest BCUT2D eigenvalue weighted by molar-refractivity contribution is 0.575. The third-order valence-corrected chi connectivity index (χ3v) is 4.10. The van der Waals surface area contributed by atoms with Gasteiger partial charge in [-0.25, -0.2) is 9.98 Å². The van der Waals surface area contributed by atoms with E-state index in [1.54, 1.807) is 19.3 Å². The number of nitrogens with zero attached hydrogens (tertiary/aromatic N) is 4. The summed E-state index contributed by atoms with van der Waals surface area (Å²) in [7, 11) is 0. The molecule has 2 N–H and O–H groups in total. The highest BCUT2D eigenvalue weighted by molar-refractivity contribution is 6.03. The molecule has 0 fully saturated rings. The van der Waals surface area contributed by atoms with Crippen LogP contribution in [0.4, 0.5) is 11.6 Å². The van der Waals surface area contributed by atoms with Crippen LogP contribution < -0.4 is 16.2 Å². The Labute approximate surface area is 150 Å². The van der Waals surface area contributed by atoms with E-state index < -0.39 is 6.17 Å². The number of nitrogens with one attached hydrogen (secondary N) is 2. The van der Waals surface area contributed by atoms with Crippen molar-refractivity contribution in [3.63, 3.8) is 0 Å². The summed E-state index contributed by atoms with van der Waals surface area (Å²) < 4.78 is 1.53. The van der Waals surface area contributed by atoms with Gasteiger partial charge in [-0.3, -0.25) is 19.7 Å². The average Bonchev–Trinajstić information content (AvgIpc) is 2.63.